The predicted molar refractivity (Wildman–Crippen MR) is 62.8 cm³/mol. The molecule has 14 heavy (non-hydrogen) atoms. The molecule has 1 aromatic carbocycles. The van der Waals surface area contributed by atoms with Gasteiger partial charge in [0.25, 0.3) is 0 Å². The summed E-state index contributed by atoms with van der Waals surface area (Å²) in [6, 6.07) is 6.31. The Morgan fingerprint density at radius 1 is 1.43 bits per heavy atom. The van der Waals surface area contributed by atoms with Gasteiger partial charge in [0.05, 0.1) is 5.52 Å². The van der Waals surface area contributed by atoms with Crippen LogP contribution >= 0.6 is 27.5 Å². The average Bonchev–Trinajstić information content (AvgIpc) is 2.43. The number of rotatable bonds is 1. The summed E-state index contributed by atoms with van der Waals surface area (Å²) >= 11 is 9.47. The van der Waals surface area contributed by atoms with Gasteiger partial charge < -0.3 is 0 Å². The van der Waals surface area contributed by atoms with E-state index in [0.717, 1.165) is 15.4 Å². The third kappa shape index (κ3) is 1.55. The Hall–Kier alpha value is -0.540. The molecule has 1 heterocycles. The molecule has 0 aliphatic heterocycles. The van der Waals surface area contributed by atoms with Crippen LogP contribution < -0.4 is 0 Å². The van der Waals surface area contributed by atoms with E-state index in [1.54, 1.807) is 0 Å². The first kappa shape index (κ1) is 9.99. The molecule has 0 atom stereocenters. The molecule has 0 fully saturated rings. The molecule has 0 saturated heterocycles. The van der Waals surface area contributed by atoms with E-state index in [0.29, 0.717) is 11.2 Å². The van der Waals surface area contributed by atoms with Gasteiger partial charge in [0.1, 0.15) is 0 Å². The van der Waals surface area contributed by atoms with Gasteiger partial charge in [-0.15, -0.1) is 0 Å². The Balaban J connectivity index is 2.79. The minimum absolute atomic E-state index is 0.319. The first-order valence-corrected chi connectivity index (χ1v) is 5.60. The van der Waals surface area contributed by atoms with Crippen molar-refractivity contribution in [1.82, 2.24) is 9.78 Å². The molecular formula is C10H10BrClN2. The van der Waals surface area contributed by atoms with Gasteiger partial charge in [0, 0.05) is 15.9 Å². The van der Waals surface area contributed by atoms with Crippen molar-refractivity contribution < 1.29 is 0 Å². The summed E-state index contributed by atoms with van der Waals surface area (Å²) in [7, 11) is 0. The highest BCUT2D eigenvalue weighted by molar-refractivity contribution is 9.10. The highest BCUT2D eigenvalue weighted by atomic mass is 79.9. The minimum Gasteiger partial charge on any atom is -0.261 e. The van der Waals surface area contributed by atoms with Gasteiger partial charge >= 0.3 is 0 Å². The van der Waals surface area contributed by atoms with Crippen molar-refractivity contribution in [2.24, 2.45) is 0 Å². The van der Waals surface area contributed by atoms with Gasteiger partial charge in [-0.2, -0.15) is 5.10 Å². The highest BCUT2D eigenvalue weighted by Crippen LogP contribution is 2.27. The van der Waals surface area contributed by atoms with E-state index in [1.807, 2.05) is 22.9 Å². The largest absolute Gasteiger partial charge is 0.261 e. The van der Waals surface area contributed by atoms with Gasteiger partial charge in [-0.25, -0.2) is 0 Å². The first-order chi connectivity index (χ1) is 6.59. The molecule has 0 saturated carbocycles. The zero-order valence-electron chi connectivity index (χ0n) is 7.96. The van der Waals surface area contributed by atoms with E-state index in [9.17, 15) is 0 Å². The molecule has 2 nitrogen and oxygen atoms in total. The summed E-state index contributed by atoms with van der Waals surface area (Å²) in [5.74, 6) is 0. The second-order valence-electron chi connectivity index (χ2n) is 3.49. The zero-order chi connectivity index (χ0) is 10.3. The Labute approximate surface area is 96.0 Å². The Morgan fingerprint density at radius 3 is 2.79 bits per heavy atom. The molecule has 0 bridgehead atoms. The monoisotopic (exact) mass is 272 g/mol. The topological polar surface area (TPSA) is 17.8 Å². The normalized spacial score (nSPS) is 11.5. The van der Waals surface area contributed by atoms with Crippen LogP contribution in [0.5, 0.6) is 0 Å². The smallest absolute Gasteiger partial charge is 0.158 e. The SMILES string of the molecule is CC(C)n1nc(Cl)c2ccc(Br)cc21. The maximum atomic E-state index is 6.03. The van der Waals surface area contributed by atoms with Crippen LogP contribution in [0.1, 0.15) is 19.9 Å². The van der Waals surface area contributed by atoms with E-state index < -0.39 is 0 Å². The summed E-state index contributed by atoms with van der Waals surface area (Å²) < 4.78 is 2.98. The molecule has 4 heteroatoms. The molecule has 0 unspecified atom stereocenters. The Bertz CT molecular complexity index is 476. The number of hydrogen-bond acceptors (Lipinski definition) is 1. The van der Waals surface area contributed by atoms with E-state index in [4.69, 9.17) is 11.6 Å². The maximum absolute atomic E-state index is 6.03. The average molecular weight is 274 g/mol. The molecule has 1 aromatic heterocycles. The van der Waals surface area contributed by atoms with Crippen LogP contribution in [-0.4, -0.2) is 9.78 Å². The predicted octanol–water partition coefficient (Wildman–Crippen LogP) is 4.03. The number of hydrogen-bond donors (Lipinski definition) is 0. The van der Waals surface area contributed by atoms with Crippen LogP contribution in [0.25, 0.3) is 10.9 Å². The first-order valence-electron chi connectivity index (χ1n) is 4.43. The molecule has 0 aliphatic carbocycles. The molecule has 0 amide bonds. The zero-order valence-corrected chi connectivity index (χ0v) is 10.3. The second kappa shape index (κ2) is 3.55. The van der Waals surface area contributed by atoms with Crippen LogP contribution in [0.2, 0.25) is 5.15 Å². The summed E-state index contributed by atoms with van der Waals surface area (Å²) in [4.78, 5) is 0. The van der Waals surface area contributed by atoms with Gasteiger partial charge in [-0.3, -0.25) is 4.68 Å². The van der Waals surface area contributed by atoms with Gasteiger partial charge in [-0.05, 0) is 32.0 Å². The van der Waals surface area contributed by atoms with Gasteiger partial charge in [-0.1, -0.05) is 27.5 Å². The van der Waals surface area contributed by atoms with Crippen LogP contribution in [-0.2, 0) is 0 Å². The second-order valence-corrected chi connectivity index (χ2v) is 4.76. The van der Waals surface area contributed by atoms with Crippen molar-refractivity contribution in [2.45, 2.75) is 19.9 Å². The van der Waals surface area contributed by atoms with Crippen molar-refractivity contribution in [3.05, 3.63) is 27.8 Å². The standard InChI is InChI=1S/C10H10BrClN2/c1-6(2)14-9-5-7(11)3-4-8(9)10(12)13-14/h3-6H,1-2H3. The molecule has 2 aromatic rings. The molecule has 74 valence electrons. The van der Waals surface area contributed by atoms with Gasteiger partial charge in [0.15, 0.2) is 5.15 Å². The number of nitrogens with zero attached hydrogens (tertiary/aromatic N) is 2. The number of aromatic nitrogens is 2. The fourth-order valence-corrected chi connectivity index (χ4v) is 2.05. The van der Waals surface area contributed by atoms with Crippen molar-refractivity contribution in [1.29, 1.82) is 0 Å². The van der Waals surface area contributed by atoms with E-state index in [2.05, 4.69) is 34.9 Å². The number of halogens is 2. The maximum Gasteiger partial charge on any atom is 0.158 e. The summed E-state index contributed by atoms with van der Waals surface area (Å²) in [6.45, 7) is 4.17. The Kier molecular flexibility index (Phi) is 2.54. The lowest BCUT2D eigenvalue weighted by Gasteiger charge is -2.06. The summed E-state index contributed by atoms with van der Waals surface area (Å²) in [5.41, 5.74) is 1.07. The lowest BCUT2D eigenvalue weighted by Crippen LogP contribution is -2.01. The molecular weight excluding hydrogens is 263 g/mol. The lowest BCUT2D eigenvalue weighted by molar-refractivity contribution is 0.551. The van der Waals surface area contributed by atoms with Crippen LogP contribution in [0.15, 0.2) is 22.7 Å². The minimum atomic E-state index is 0.319. The third-order valence-electron chi connectivity index (χ3n) is 2.11. The summed E-state index contributed by atoms with van der Waals surface area (Å²) in [6.07, 6.45) is 0. The van der Waals surface area contributed by atoms with Crippen molar-refractivity contribution in [2.75, 3.05) is 0 Å². The molecule has 2 rings (SSSR count). The lowest BCUT2D eigenvalue weighted by atomic mass is 10.2. The fraction of sp³-hybridized carbons (Fsp3) is 0.300. The fourth-order valence-electron chi connectivity index (χ4n) is 1.46. The van der Waals surface area contributed by atoms with Gasteiger partial charge in [0.2, 0.25) is 0 Å². The van der Waals surface area contributed by atoms with E-state index in [-0.39, 0.29) is 0 Å². The molecule has 0 aliphatic rings. The highest BCUT2D eigenvalue weighted by Gasteiger charge is 2.10. The number of fused-ring (bicyclic) bond motifs is 1. The van der Waals surface area contributed by atoms with Crippen LogP contribution in [0.3, 0.4) is 0 Å². The molecule has 0 spiro atoms. The van der Waals surface area contributed by atoms with Crippen molar-refractivity contribution >= 4 is 38.4 Å². The quantitative estimate of drug-likeness (QED) is 0.767. The van der Waals surface area contributed by atoms with E-state index in [1.165, 1.54) is 0 Å². The van der Waals surface area contributed by atoms with E-state index >= 15 is 0 Å². The molecule has 0 N–H and O–H groups in total. The van der Waals surface area contributed by atoms with Crippen molar-refractivity contribution in [3.63, 3.8) is 0 Å². The van der Waals surface area contributed by atoms with Crippen LogP contribution in [0.4, 0.5) is 0 Å². The summed E-state index contributed by atoms with van der Waals surface area (Å²) in [5, 5.41) is 5.87. The van der Waals surface area contributed by atoms with Crippen LogP contribution in [0, 0.1) is 0 Å². The molecule has 0 radical (unpaired) electrons. The number of benzene rings is 1. The Morgan fingerprint density at radius 2 is 2.14 bits per heavy atom. The van der Waals surface area contributed by atoms with Crippen molar-refractivity contribution in [3.8, 4) is 0 Å². The third-order valence-corrected chi connectivity index (χ3v) is 2.89.